The summed E-state index contributed by atoms with van der Waals surface area (Å²) in [5, 5.41) is 9.40. The minimum Gasteiger partial charge on any atom is -0.454 e. The number of rotatable bonds is 2. The number of piperidine rings is 1. The quantitative estimate of drug-likeness (QED) is 0.807. The highest BCUT2D eigenvalue weighted by Crippen LogP contribution is 2.35. The van der Waals surface area contributed by atoms with Gasteiger partial charge in [-0.1, -0.05) is 6.07 Å². The average Bonchev–Trinajstić information content (AvgIpc) is 2.89. The molecule has 1 unspecified atom stereocenters. The molecule has 0 spiro atoms. The maximum atomic E-state index is 11.3. The van der Waals surface area contributed by atoms with Crippen LogP contribution in [-0.2, 0) is 4.79 Å². The van der Waals surface area contributed by atoms with E-state index in [-0.39, 0.29) is 18.6 Å². The Labute approximate surface area is 111 Å². The van der Waals surface area contributed by atoms with Crippen LogP contribution in [0.3, 0.4) is 0 Å². The lowest BCUT2D eigenvalue weighted by atomic mass is 10.0. The van der Waals surface area contributed by atoms with E-state index in [2.05, 4.69) is 6.07 Å². The summed E-state index contributed by atoms with van der Waals surface area (Å²) in [5.41, 5.74) is 0.890. The number of carbonyl (C=O) groups excluding carboxylic acids is 1. The molecule has 5 heteroatoms. The first-order valence-electron chi connectivity index (χ1n) is 6.33. The first-order chi connectivity index (χ1) is 9.28. The van der Waals surface area contributed by atoms with Gasteiger partial charge in [0.05, 0.1) is 6.07 Å². The van der Waals surface area contributed by atoms with Crippen molar-refractivity contribution >= 4 is 5.78 Å². The van der Waals surface area contributed by atoms with Gasteiger partial charge in [0.15, 0.2) is 11.5 Å². The SMILES string of the molecule is N#CC(c1ccc2c(c1)OCO2)N1CCC(=O)CC1. The molecule has 1 saturated heterocycles. The third-order valence-corrected chi connectivity index (χ3v) is 3.56. The van der Waals surface area contributed by atoms with Gasteiger partial charge in [-0.25, -0.2) is 0 Å². The van der Waals surface area contributed by atoms with Crippen LogP contribution in [0.2, 0.25) is 0 Å². The zero-order valence-electron chi connectivity index (χ0n) is 10.5. The Balaban J connectivity index is 1.82. The summed E-state index contributed by atoms with van der Waals surface area (Å²) >= 11 is 0. The lowest BCUT2D eigenvalue weighted by Crippen LogP contribution is -2.36. The number of fused-ring (bicyclic) bond motifs is 1. The molecule has 98 valence electrons. The minimum atomic E-state index is -0.331. The Bertz CT molecular complexity index is 540. The second kappa shape index (κ2) is 4.90. The van der Waals surface area contributed by atoms with E-state index in [4.69, 9.17) is 9.47 Å². The summed E-state index contributed by atoms with van der Waals surface area (Å²) < 4.78 is 10.6. The van der Waals surface area contributed by atoms with E-state index < -0.39 is 0 Å². The van der Waals surface area contributed by atoms with Gasteiger partial charge >= 0.3 is 0 Å². The van der Waals surface area contributed by atoms with Gasteiger partial charge in [-0.2, -0.15) is 5.26 Å². The van der Waals surface area contributed by atoms with E-state index in [1.54, 1.807) is 0 Å². The van der Waals surface area contributed by atoms with Gasteiger partial charge in [-0.3, -0.25) is 9.69 Å². The van der Waals surface area contributed by atoms with E-state index in [0.29, 0.717) is 37.4 Å². The van der Waals surface area contributed by atoms with Crippen molar-refractivity contribution in [3.05, 3.63) is 23.8 Å². The fourth-order valence-electron chi connectivity index (χ4n) is 2.48. The highest BCUT2D eigenvalue weighted by molar-refractivity contribution is 5.79. The number of nitriles is 1. The van der Waals surface area contributed by atoms with Crippen LogP contribution in [0.25, 0.3) is 0 Å². The molecule has 0 saturated carbocycles. The van der Waals surface area contributed by atoms with Crippen molar-refractivity contribution in [3.8, 4) is 17.6 Å². The van der Waals surface area contributed by atoms with E-state index >= 15 is 0 Å². The Hall–Kier alpha value is -2.06. The monoisotopic (exact) mass is 258 g/mol. The number of ether oxygens (including phenoxy) is 2. The molecule has 2 aliphatic rings. The van der Waals surface area contributed by atoms with Crippen LogP contribution in [-0.4, -0.2) is 30.6 Å². The van der Waals surface area contributed by atoms with Crippen molar-refractivity contribution in [2.75, 3.05) is 19.9 Å². The summed E-state index contributed by atoms with van der Waals surface area (Å²) in [4.78, 5) is 13.3. The second-order valence-electron chi connectivity index (χ2n) is 4.72. The number of likely N-dealkylation sites (tertiary alicyclic amines) is 1. The molecule has 0 amide bonds. The van der Waals surface area contributed by atoms with Crippen molar-refractivity contribution in [3.63, 3.8) is 0 Å². The van der Waals surface area contributed by atoms with Crippen molar-refractivity contribution in [2.24, 2.45) is 0 Å². The Kier molecular flexibility index (Phi) is 3.10. The first kappa shape index (κ1) is 12.0. The number of benzene rings is 1. The van der Waals surface area contributed by atoms with Gasteiger partial charge in [0, 0.05) is 25.9 Å². The van der Waals surface area contributed by atoms with Crippen molar-refractivity contribution < 1.29 is 14.3 Å². The van der Waals surface area contributed by atoms with Crippen LogP contribution >= 0.6 is 0 Å². The molecule has 19 heavy (non-hydrogen) atoms. The molecule has 0 aliphatic carbocycles. The molecule has 3 rings (SSSR count). The fourth-order valence-corrected chi connectivity index (χ4v) is 2.48. The van der Waals surface area contributed by atoms with Gasteiger partial charge in [0.2, 0.25) is 6.79 Å². The van der Waals surface area contributed by atoms with Crippen LogP contribution in [0.1, 0.15) is 24.4 Å². The second-order valence-corrected chi connectivity index (χ2v) is 4.72. The van der Waals surface area contributed by atoms with Crippen LogP contribution in [0.15, 0.2) is 18.2 Å². The Morgan fingerprint density at radius 3 is 2.68 bits per heavy atom. The lowest BCUT2D eigenvalue weighted by molar-refractivity contribution is -0.121. The summed E-state index contributed by atoms with van der Waals surface area (Å²) in [5.74, 6) is 1.68. The highest BCUT2D eigenvalue weighted by atomic mass is 16.7. The summed E-state index contributed by atoms with van der Waals surface area (Å²) in [6.07, 6.45) is 1.06. The molecule has 0 bridgehead atoms. The zero-order valence-corrected chi connectivity index (χ0v) is 10.5. The number of Topliss-reactive ketones (excluding diaryl/α,β-unsaturated/α-hetero) is 1. The molecule has 1 fully saturated rings. The zero-order chi connectivity index (χ0) is 13.2. The minimum absolute atomic E-state index is 0.230. The van der Waals surface area contributed by atoms with Crippen LogP contribution < -0.4 is 9.47 Å². The molecule has 2 heterocycles. The number of nitrogens with zero attached hydrogens (tertiary/aromatic N) is 2. The molecular formula is C14H14N2O3. The lowest BCUT2D eigenvalue weighted by Gasteiger charge is -2.30. The molecule has 1 aromatic carbocycles. The molecule has 0 radical (unpaired) electrons. The fraction of sp³-hybridized carbons (Fsp3) is 0.429. The van der Waals surface area contributed by atoms with Gasteiger partial charge in [-0.05, 0) is 17.7 Å². The predicted molar refractivity (Wildman–Crippen MR) is 66.7 cm³/mol. The molecular weight excluding hydrogens is 244 g/mol. The summed E-state index contributed by atoms with van der Waals surface area (Å²) in [7, 11) is 0. The molecule has 0 N–H and O–H groups in total. The smallest absolute Gasteiger partial charge is 0.231 e. The summed E-state index contributed by atoms with van der Waals surface area (Å²) in [6, 6.07) is 7.55. The third-order valence-electron chi connectivity index (χ3n) is 3.56. The normalized spacial score (nSPS) is 20.1. The van der Waals surface area contributed by atoms with Crippen LogP contribution in [0.4, 0.5) is 0 Å². The number of hydrogen-bond acceptors (Lipinski definition) is 5. The van der Waals surface area contributed by atoms with E-state index in [1.165, 1.54) is 0 Å². The largest absolute Gasteiger partial charge is 0.454 e. The summed E-state index contributed by atoms with van der Waals surface area (Å²) in [6.45, 7) is 1.52. The van der Waals surface area contributed by atoms with Gasteiger partial charge in [0.25, 0.3) is 0 Å². The Morgan fingerprint density at radius 2 is 1.95 bits per heavy atom. The number of carbonyl (C=O) groups is 1. The maximum absolute atomic E-state index is 11.3. The molecule has 1 aromatic rings. The van der Waals surface area contributed by atoms with Crippen molar-refractivity contribution in [2.45, 2.75) is 18.9 Å². The Morgan fingerprint density at radius 1 is 1.21 bits per heavy atom. The van der Waals surface area contributed by atoms with Crippen molar-refractivity contribution in [1.82, 2.24) is 4.90 Å². The molecule has 1 atom stereocenters. The highest BCUT2D eigenvalue weighted by Gasteiger charge is 2.26. The number of ketones is 1. The van der Waals surface area contributed by atoms with Gasteiger partial charge < -0.3 is 9.47 Å². The molecule has 5 nitrogen and oxygen atoms in total. The molecule has 0 aromatic heterocycles. The first-order valence-corrected chi connectivity index (χ1v) is 6.33. The van der Waals surface area contributed by atoms with Gasteiger partial charge in [0.1, 0.15) is 11.8 Å². The molecule has 2 aliphatic heterocycles. The van der Waals surface area contributed by atoms with E-state index in [9.17, 15) is 10.1 Å². The van der Waals surface area contributed by atoms with E-state index in [0.717, 1.165) is 5.56 Å². The predicted octanol–water partition coefficient (Wildman–Crippen LogP) is 1.64. The van der Waals surface area contributed by atoms with Crippen LogP contribution in [0, 0.1) is 11.3 Å². The maximum Gasteiger partial charge on any atom is 0.231 e. The third kappa shape index (κ3) is 2.27. The van der Waals surface area contributed by atoms with Crippen LogP contribution in [0.5, 0.6) is 11.5 Å². The van der Waals surface area contributed by atoms with Gasteiger partial charge in [-0.15, -0.1) is 0 Å². The van der Waals surface area contributed by atoms with E-state index in [1.807, 2.05) is 23.1 Å². The van der Waals surface area contributed by atoms with Crippen molar-refractivity contribution in [1.29, 1.82) is 5.26 Å². The number of hydrogen-bond donors (Lipinski definition) is 0. The standard InChI is InChI=1S/C14H14N2O3/c15-8-12(16-5-3-11(17)4-6-16)10-1-2-13-14(7-10)19-9-18-13/h1-2,7,12H,3-6,9H2. The topological polar surface area (TPSA) is 62.6 Å². The average molecular weight is 258 g/mol.